The largest absolute Gasteiger partial charge is 0.345 e. The molecule has 0 saturated heterocycles. The van der Waals surface area contributed by atoms with Gasteiger partial charge in [-0.3, -0.25) is 19.2 Å². The molecule has 0 fully saturated rings. The van der Waals surface area contributed by atoms with Gasteiger partial charge in [-0.15, -0.1) is 0 Å². The fourth-order valence-electron chi connectivity index (χ4n) is 3.20. The molecule has 34 heavy (non-hydrogen) atoms. The average Bonchev–Trinajstić information content (AvgIpc) is 2.83. The smallest absolute Gasteiger partial charge is 0.255 e. The van der Waals surface area contributed by atoms with Crippen LogP contribution in [0, 0.1) is 0 Å². The van der Waals surface area contributed by atoms with Gasteiger partial charge in [0.15, 0.2) is 0 Å². The van der Waals surface area contributed by atoms with Crippen LogP contribution in [0.15, 0.2) is 72.8 Å². The minimum Gasteiger partial charge on any atom is -0.345 e. The molecular weight excluding hydrogens is 432 g/mol. The number of rotatable bonds is 6. The Morgan fingerprint density at radius 3 is 1.18 bits per heavy atom. The minimum atomic E-state index is -0.409. The molecule has 0 aliphatic rings. The Hall–Kier alpha value is -4.46. The fourth-order valence-corrected chi connectivity index (χ4v) is 3.20. The maximum atomic E-state index is 12.7. The van der Waals surface area contributed by atoms with Crippen molar-refractivity contribution in [2.75, 3.05) is 38.8 Å². The molecule has 2 N–H and O–H groups in total. The summed E-state index contributed by atoms with van der Waals surface area (Å²) in [5, 5.41) is 5.50. The second-order valence-corrected chi connectivity index (χ2v) is 7.98. The number of para-hydroxylation sites is 2. The van der Waals surface area contributed by atoms with Crippen molar-refractivity contribution in [3.8, 4) is 0 Å². The second-order valence-electron chi connectivity index (χ2n) is 7.98. The predicted molar refractivity (Wildman–Crippen MR) is 131 cm³/mol. The van der Waals surface area contributed by atoms with E-state index in [1.54, 1.807) is 76.7 Å². The van der Waals surface area contributed by atoms with Gasteiger partial charge in [0, 0.05) is 39.3 Å². The molecule has 8 heteroatoms. The number of hydrogen-bond donors (Lipinski definition) is 2. The first-order chi connectivity index (χ1) is 16.2. The number of amides is 4. The highest BCUT2D eigenvalue weighted by molar-refractivity contribution is 6.11. The van der Waals surface area contributed by atoms with Crippen LogP contribution in [0.2, 0.25) is 0 Å². The summed E-state index contributed by atoms with van der Waals surface area (Å²) >= 11 is 0. The van der Waals surface area contributed by atoms with Crippen LogP contribution in [0.3, 0.4) is 0 Å². The van der Waals surface area contributed by atoms with Gasteiger partial charge < -0.3 is 20.4 Å². The van der Waals surface area contributed by atoms with Gasteiger partial charge in [-0.1, -0.05) is 24.3 Å². The zero-order valence-corrected chi connectivity index (χ0v) is 19.5. The van der Waals surface area contributed by atoms with E-state index in [2.05, 4.69) is 10.6 Å². The number of benzene rings is 3. The van der Waals surface area contributed by atoms with E-state index in [9.17, 15) is 19.2 Å². The molecule has 0 aliphatic heterocycles. The van der Waals surface area contributed by atoms with Gasteiger partial charge in [-0.05, 0) is 48.5 Å². The molecule has 0 bridgehead atoms. The van der Waals surface area contributed by atoms with Gasteiger partial charge in [0.2, 0.25) is 0 Å². The molecule has 0 spiro atoms. The molecule has 0 heterocycles. The molecule has 3 aromatic carbocycles. The lowest BCUT2D eigenvalue weighted by Crippen LogP contribution is -2.24. The van der Waals surface area contributed by atoms with E-state index >= 15 is 0 Å². The second kappa shape index (κ2) is 10.4. The third-order valence-electron chi connectivity index (χ3n) is 5.03. The third-order valence-corrected chi connectivity index (χ3v) is 5.03. The van der Waals surface area contributed by atoms with Crippen molar-refractivity contribution in [3.63, 3.8) is 0 Å². The molecule has 0 radical (unpaired) electrons. The van der Waals surface area contributed by atoms with Gasteiger partial charge in [-0.25, -0.2) is 0 Å². The van der Waals surface area contributed by atoms with Crippen LogP contribution in [-0.4, -0.2) is 61.6 Å². The first-order valence-corrected chi connectivity index (χ1v) is 10.5. The number of nitrogens with zero attached hydrogens (tertiary/aromatic N) is 2. The summed E-state index contributed by atoms with van der Waals surface area (Å²) in [6, 6.07) is 19.6. The molecule has 4 amide bonds. The molecule has 0 aromatic heterocycles. The first kappa shape index (κ1) is 24.2. The van der Waals surface area contributed by atoms with Crippen molar-refractivity contribution in [2.45, 2.75) is 0 Å². The van der Waals surface area contributed by atoms with Gasteiger partial charge in [-0.2, -0.15) is 0 Å². The third kappa shape index (κ3) is 5.47. The number of anilines is 2. The van der Waals surface area contributed by atoms with Crippen LogP contribution >= 0.6 is 0 Å². The molecule has 0 unspecified atom stereocenters. The monoisotopic (exact) mass is 458 g/mol. The number of carbonyl (C=O) groups is 4. The highest BCUT2D eigenvalue weighted by Gasteiger charge is 2.17. The normalized spacial score (nSPS) is 10.2. The molecular formula is C26H26N4O4. The Kier molecular flexibility index (Phi) is 7.43. The van der Waals surface area contributed by atoms with Crippen LogP contribution in [0.4, 0.5) is 11.4 Å². The van der Waals surface area contributed by atoms with E-state index < -0.39 is 11.8 Å². The fraction of sp³-hybridized carbons (Fsp3) is 0.154. The number of nitrogens with one attached hydrogen (secondary N) is 2. The maximum absolute atomic E-state index is 12.7. The molecule has 3 aromatic rings. The van der Waals surface area contributed by atoms with Crippen molar-refractivity contribution in [2.24, 2.45) is 0 Å². The van der Waals surface area contributed by atoms with Crippen LogP contribution in [-0.2, 0) is 0 Å². The summed E-state index contributed by atoms with van der Waals surface area (Å²) in [4.78, 5) is 53.1. The predicted octanol–water partition coefficient (Wildman–Crippen LogP) is 3.59. The van der Waals surface area contributed by atoms with Crippen LogP contribution in [0.5, 0.6) is 0 Å². The Labute approximate surface area is 198 Å². The van der Waals surface area contributed by atoms with Gasteiger partial charge >= 0.3 is 0 Å². The van der Waals surface area contributed by atoms with E-state index in [0.717, 1.165) is 0 Å². The lowest BCUT2D eigenvalue weighted by molar-refractivity contribution is 0.0821. The molecule has 0 aliphatic carbocycles. The Morgan fingerprint density at radius 2 is 0.853 bits per heavy atom. The number of carbonyl (C=O) groups excluding carboxylic acids is 4. The highest BCUT2D eigenvalue weighted by Crippen LogP contribution is 2.20. The molecule has 0 saturated carbocycles. The van der Waals surface area contributed by atoms with E-state index in [-0.39, 0.29) is 11.8 Å². The summed E-state index contributed by atoms with van der Waals surface area (Å²) in [6.45, 7) is 0. The van der Waals surface area contributed by atoms with E-state index in [0.29, 0.717) is 33.6 Å². The molecule has 0 atom stereocenters. The summed E-state index contributed by atoms with van der Waals surface area (Å²) < 4.78 is 0. The zero-order valence-electron chi connectivity index (χ0n) is 19.5. The van der Waals surface area contributed by atoms with Crippen molar-refractivity contribution in [1.82, 2.24) is 9.80 Å². The summed E-state index contributed by atoms with van der Waals surface area (Å²) in [5.41, 5.74) is 2.20. The highest BCUT2D eigenvalue weighted by atomic mass is 16.2. The summed E-state index contributed by atoms with van der Waals surface area (Å²) in [6.07, 6.45) is 0. The molecule has 174 valence electrons. The first-order valence-electron chi connectivity index (χ1n) is 10.5. The Morgan fingerprint density at radius 1 is 0.529 bits per heavy atom. The van der Waals surface area contributed by atoms with Gasteiger partial charge in [0.05, 0.1) is 22.5 Å². The Bertz CT molecular complexity index is 1140. The number of hydrogen-bond acceptors (Lipinski definition) is 4. The summed E-state index contributed by atoms with van der Waals surface area (Å²) in [7, 11) is 6.55. The molecule has 3 rings (SSSR count). The van der Waals surface area contributed by atoms with E-state index in [1.165, 1.54) is 34.1 Å². The standard InChI is InChI=1S/C26H26N4O4/c1-29(2)25(33)19-9-5-7-11-21(19)27-23(31)17-13-15-18(16-14-17)24(32)28-22-12-8-6-10-20(22)26(34)30(3)4/h5-16H,1-4H3,(H,27,31)(H,28,32). The van der Waals surface area contributed by atoms with Gasteiger partial charge in [0.1, 0.15) is 0 Å². The van der Waals surface area contributed by atoms with Crippen LogP contribution in [0.1, 0.15) is 41.4 Å². The summed E-state index contributed by atoms with van der Waals surface area (Å²) in [5.74, 6) is -1.27. The van der Waals surface area contributed by atoms with E-state index in [4.69, 9.17) is 0 Å². The van der Waals surface area contributed by atoms with Crippen molar-refractivity contribution in [1.29, 1.82) is 0 Å². The molecule has 8 nitrogen and oxygen atoms in total. The minimum absolute atomic E-state index is 0.226. The zero-order chi connectivity index (χ0) is 24.8. The quantitative estimate of drug-likeness (QED) is 0.590. The van der Waals surface area contributed by atoms with Crippen molar-refractivity contribution >= 4 is 35.0 Å². The lowest BCUT2D eigenvalue weighted by atomic mass is 10.1. The van der Waals surface area contributed by atoms with Crippen LogP contribution in [0.25, 0.3) is 0 Å². The topological polar surface area (TPSA) is 98.8 Å². The SMILES string of the molecule is CN(C)C(=O)c1ccccc1NC(=O)c1ccc(C(=O)Nc2ccccc2C(=O)N(C)C)cc1. The van der Waals surface area contributed by atoms with Gasteiger partial charge in [0.25, 0.3) is 23.6 Å². The maximum Gasteiger partial charge on any atom is 0.255 e. The average molecular weight is 459 g/mol. The van der Waals surface area contributed by atoms with Crippen molar-refractivity contribution < 1.29 is 19.2 Å². The van der Waals surface area contributed by atoms with Crippen LogP contribution < -0.4 is 10.6 Å². The Balaban J connectivity index is 1.74. The van der Waals surface area contributed by atoms with Crippen molar-refractivity contribution in [3.05, 3.63) is 95.1 Å². The van der Waals surface area contributed by atoms with E-state index in [1.807, 2.05) is 0 Å². The lowest BCUT2D eigenvalue weighted by Gasteiger charge is -2.15.